The summed E-state index contributed by atoms with van der Waals surface area (Å²) in [6.45, 7) is 1.85. The summed E-state index contributed by atoms with van der Waals surface area (Å²) in [6, 6.07) is 3.40. The van der Waals surface area contributed by atoms with Crippen molar-refractivity contribution in [1.82, 2.24) is 9.21 Å². The van der Waals surface area contributed by atoms with E-state index in [2.05, 4.69) is 0 Å². The molecule has 1 aromatic rings. The number of rotatable bonds is 4. The summed E-state index contributed by atoms with van der Waals surface area (Å²) in [5.41, 5.74) is 0. The van der Waals surface area contributed by atoms with Crippen LogP contribution in [0.5, 0.6) is 0 Å². The predicted molar refractivity (Wildman–Crippen MR) is 93.2 cm³/mol. The molecule has 7 heteroatoms. The molecule has 132 valence electrons. The molecule has 2 aliphatic carbocycles. The van der Waals surface area contributed by atoms with Crippen LogP contribution in [0.25, 0.3) is 0 Å². The Morgan fingerprint density at radius 2 is 1.96 bits per heavy atom. The van der Waals surface area contributed by atoms with Crippen LogP contribution >= 0.6 is 11.3 Å². The molecule has 5 nitrogen and oxygen atoms in total. The molecule has 1 saturated heterocycles. The lowest BCUT2D eigenvalue weighted by atomic mass is 9.86. The van der Waals surface area contributed by atoms with E-state index < -0.39 is 10.0 Å². The topological polar surface area (TPSA) is 57.7 Å². The van der Waals surface area contributed by atoms with E-state index in [0.29, 0.717) is 42.7 Å². The van der Waals surface area contributed by atoms with Crippen LogP contribution in [0.3, 0.4) is 0 Å². The van der Waals surface area contributed by atoms with Gasteiger partial charge in [0.15, 0.2) is 0 Å². The molecule has 24 heavy (non-hydrogen) atoms. The molecule has 0 unspecified atom stereocenters. The van der Waals surface area contributed by atoms with Crippen LogP contribution in [0.2, 0.25) is 0 Å². The van der Waals surface area contributed by atoms with Crippen molar-refractivity contribution in [2.75, 3.05) is 26.2 Å². The van der Waals surface area contributed by atoms with Crippen LogP contribution in [0.4, 0.5) is 0 Å². The predicted octanol–water partition coefficient (Wildman–Crippen LogP) is 2.41. The molecule has 3 fully saturated rings. The summed E-state index contributed by atoms with van der Waals surface area (Å²) in [5, 5.41) is 1.78. The Kier molecular flexibility index (Phi) is 4.43. The van der Waals surface area contributed by atoms with Crippen molar-refractivity contribution in [3.8, 4) is 0 Å². The van der Waals surface area contributed by atoms with Crippen molar-refractivity contribution < 1.29 is 13.2 Å². The fourth-order valence-electron chi connectivity index (χ4n) is 4.70. The summed E-state index contributed by atoms with van der Waals surface area (Å²) in [4.78, 5) is 14.4. The molecule has 3 atom stereocenters. The van der Waals surface area contributed by atoms with Gasteiger partial charge >= 0.3 is 0 Å². The molecule has 0 aromatic carbocycles. The molecule has 4 rings (SSSR count). The molecule has 2 heterocycles. The van der Waals surface area contributed by atoms with Gasteiger partial charge in [-0.1, -0.05) is 12.5 Å². The molecule has 0 N–H and O–H groups in total. The Balaban J connectivity index is 1.32. The Bertz CT molecular complexity index is 693. The maximum absolute atomic E-state index is 12.6. The second kappa shape index (κ2) is 6.42. The number of hydrogen-bond donors (Lipinski definition) is 0. The van der Waals surface area contributed by atoms with Gasteiger partial charge in [-0.15, -0.1) is 11.3 Å². The maximum Gasteiger partial charge on any atom is 0.252 e. The molecule has 2 bridgehead atoms. The van der Waals surface area contributed by atoms with Gasteiger partial charge in [0.25, 0.3) is 10.0 Å². The first-order valence-corrected chi connectivity index (χ1v) is 11.2. The van der Waals surface area contributed by atoms with Gasteiger partial charge in [-0.25, -0.2) is 8.42 Å². The summed E-state index contributed by atoms with van der Waals surface area (Å²) in [6.07, 6.45) is 5.87. The van der Waals surface area contributed by atoms with Crippen molar-refractivity contribution in [3.63, 3.8) is 0 Å². The number of piperazine rings is 1. The van der Waals surface area contributed by atoms with Crippen LogP contribution < -0.4 is 0 Å². The van der Waals surface area contributed by atoms with Gasteiger partial charge in [0.05, 0.1) is 0 Å². The van der Waals surface area contributed by atoms with E-state index in [-0.39, 0.29) is 5.91 Å². The molecule has 2 saturated carbocycles. The highest BCUT2D eigenvalue weighted by Gasteiger charge is 2.41. The third-order valence-electron chi connectivity index (χ3n) is 6.00. The highest BCUT2D eigenvalue weighted by Crippen LogP contribution is 2.49. The van der Waals surface area contributed by atoms with E-state index in [4.69, 9.17) is 0 Å². The highest BCUT2D eigenvalue weighted by molar-refractivity contribution is 7.91. The lowest BCUT2D eigenvalue weighted by molar-refractivity contribution is -0.133. The zero-order chi connectivity index (χ0) is 16.7. The molecule has 0 radical (unpaired) electrons. The number of carbonyl (C=O) groups is 1. The fraction of sp³-hybridized carbons (Fsp3) is 0.706. The number of sulfonamides is 1. The quantitative estimate of drug-likeness (QED) is 0.820. The van der Waals surface area contributed by atoms with E-state index in [9.17, 15) is 13.2 Å². The lowest BCUT2D eigenvalue weighted by Crippen LogP contribution is -2.50. The largest absolute Gasteiger partial charge is 0.340 e. The standard InChI is InChI=1S/C17H24N2O3S2/c20-16(12-15-11-13-3-4-14(15)10-13)18-5-7-19(8-6-18)24(21,22)17-2-1-9-23-17/h1-2,9,13-15H,3-8,10-12H2/t13-,14+,15+/m0/s1. The summed E-state index contributed by atoms with van der Waals surface area (Å²) in [7, 11) is -3.38. The van der Waals surface area contributed by atoms with Gasteiger partial charge in [0.2, 0.25) is 5.91 Å². The SMILES string of the molecule is O=C(C[C@H]1C[C@H]2CC[C@@H]1C2)N1CCN(S(=O)(=O)c2cccs2)CC1. The summed E-state index contributed by atoms with van der Waals surface area (Å²) >= 11 is 1.25. The van der Waals surface area contributed by atoms with Crippen LogP contribution in [0.15, 0.2) is 21.7 Å². The first-order valence-electron chi connectivity index (χ1n) is 8.85. The average Bonchev–Trinajstić information content (AvgIpc) is 3.32. The molecule has 3 aliphatic rings. The number of amides is 1. The number of fused-ring (bicyclic) bond motifs is 2. The Morgan fingerprint density at radius 1 is 1.17 bits per heavy atom. The van der Waals surface area contributed by atoms with Crippen molar-refractivity contribution >= 4 is 27.3 Å². The van der Waals surface area contributed by atoms with E-state index >= 15 is 0 Å². The van der Waals surface area contributed by atoms with E-state index in [1.165, 1.54) is 41.3 Å². The van der Waals surface area contributed by atoms with E-state index in [1.807, 2.05) is 4.90 Å². The minimum Gasteiger partial charge on any atom is -0.340 e. The summed E-state index contributed by atoms with van der Waals surface area (Å²) < 4.78 is 27.0. The fourth-order valence-corrected chi connectivity index (χ4v) is 7.26. The minimum atomic E-state index is -3.38. The van der Waals surface area contributed by atoms with Gasteiger partial charge in [0.1, 0.15) is 4.21 Å². The molecule has 1 aliphatic heterocycles. The Hall–Kier alpha value is -0.920. The normalized spacial score (nSPS) is 30.8. The van der Waals surface area contributed by atoms with Crippen molar-refractivity contribution in [2.45, 2.75) is 36.3 Å². The Labute approximate surface area is 147 Å². The van der Waals surface area contributed by atoms with Gasteiger partial charge in [-0.3, -0.25) is 4.79 Å². The third kappa shape index (κ3) is 3.02. The van der Waals surface area contributed by atoms with Gasteiger partial charge in [-0.05, 0) is 48.5 Å². The third-order valence-corrected chi connectivity index (χ3v) is 9.27. The molecule has 0 spiro atoms. The second-order valence-corrected chi connectivity index (χ2v) is 10.5. The highest BCUT2D eigenvalue weighted by atomic mass is 32.2. The second-order valence-electron chi connectivity index (χ2n) is 7.36. The molecular weight excluding hydrogens is 344 g/mol. The van der Waals surface area contributed by atoms with E-state index in [1.54, 1.807) is 17.5 Å². The van der Waals surface area contributed by atoms with Crippen molar-refractivity contribution in [2.24, 2.45) is 17.8 Å². The maximum atomic E-state index is 12.6. The van der Waals surface area contributed by atoms with Crippen LogP contribution in [0, 0.1) is 17.8 Å². The monoisotopic (exact) mass is 368 g/mol. The zero-order valence-electron chi connectivity index (χ0n) is 13.8. The van der Waals surface area contributed by atoms with Crippen molar-refractivity contribution in [3.05, 3.63) is 17.5 Å². The minimum absolute atomic E-state index is 0.223. The van der Waals surface area contributed by atoms with Crippen molar-refractivity contribution in [1.29, 1.82) is 0 Å². The average molecular weight is 369 g/mol. The molecule has 1 amide bonds. The van der Waals surface area contributed by atoms with Gasteiger partial charge in [0, 0.05) is 32.6 Å². The summed E-state index contributed by atoms with van der Waals surface area (Å²) in [5.74, 6) is 2.42. The van der Waals surface area contributed by atoms with Crippen LogP contribution in [-0.4, -0.2) is 49.7 Å². The smallest absolute Gasteiger partial charge is 0.252 e. The number of carbonyl (C=O) groups excluding carboxylic acids is 1. The molecule has 1 aromatic heterocycles. The van der Waals surface area contributed by atoms with Crippen LogP contribution in [-0.2, 0) is 14.8 Å². The number of nitrogens with zero attached hydrogens (tertiary/aromatic N) is 2. The van der Waals surface area contributed by atoms with Gasteiger partial charge < -0.3 is 4.90 Å². The number of hydrogen-bond acceptors (Lipinski definition) is 4. The lowest BCUT2D eigenvalue weighted by Gasteiger charge is -2.34. The molecular formula is C17H24N2O3S2. The zero-order valence-corrected chi connectivity index (χ0v) is 15.4. The van der Waals surface area contributed by atoms with Gasteiger partial charge in [-0.2, -0.15) is 4.31 Å². The first-order chi connectivity index (χ1) is 11.5. The Morgan fingerprint density at radius 3 is 2.54 bits per heavy atom. The first kappa shape index (κ1) is 16.5. The van der Waals surface area contributed by atoms with Crippen LogP contribution in [0.1, 0.15) is 32.1 Å². The van der Waals surface area contributed by atoms with E-state index in [0.717, 1.165) is 11.8 Å². The number of thiophene rings is 1.